The molecule has 1 aromatic heterocycles. The van der Waals surface area contributed by atoms with Gasteiger partial charge in [0.05, 0.1) is 19.0 Å². The van der Waals surface area contributed by atoms with Gasteiger partial charge in [-0.2, -0.15) is 0 Å². The molecular formula is C30H37N3O3. The van der Waals surface area contributed by atoms with Crippen LogP contribution in [0.4, 0.5) is 5.69 Å². The van der Waals surface area contributed by atoms with Gasteiger partial charge in [0.1, 0.15) is 5.75 Å². The molecule has 2 aromatic carbocycles. The molecule has 0 saturated carbocycles. The standard InChI is InChI=1S/C30H37N3O3/c1-19-26(20-9-11-21(12-10-20)27(34)32-18-29(2,3)4)16-24(17-31-19)33-28(35)22-13-23(30(5,6)7)15-25(14-22)36-8/h9-17H,18H2,1-8H3,(H,32,34)(H,33,35). The van der Waals surface area contributed by atoms with Gasteiger partial charge in [0.25, 0.3) is 11.8 Å². The highest BCUT2D eigenvalue weighted by Crippen LogP contribution is 2.29. The number of rotatable bonds is 6. The van der Waals surface area contributed by atoms with E-state index in [1.54, 1.807) is 19.4 Å². The van der Waals surface area contributed by atoms with Crippen LogP contribution in [0.25, 0.3) is 11.1 Å². The maximum absolute atomic E-state index is 13.1. The first-order valence-corrected chi connectivity index (χ1v) is 12.1. The molecule has 190 valence electrons. The van der Waals surface area contributed by atoms with Crippen LogP contribution in [0.2, 0.25) is 0 Å². The molecule has 0 atom stereocenters. The van der Waals surface area contributed by atoms with Gasteiger partial charge in [0.15, 0.2) is 0 Å². The Morgan fingerprint density at radius 2 is 1.56 bits per heavy atom. The SMILES string of the molecule is COc1cc(C(=O)Nc2cnc(C)c(-c3ccc(C(=O)NCC(C)(C)C)cc3)c2)cc(C(C)(C)C)c1. The number of nitrogens with zero attached hydrogens (tertiary/aromatic N) is 1. The maximum Gasteiger partial charge on any atom is 0.255 e. The van der Waals surface area contributed by atoms with Crippen molar-refractivity contribution in [2.75, 3.05) is 19.0 Å². The molecule has 0 aliphatic carbocycles. The first-order chi connectivity index (χ1) is 16.8. The fourth-order valence-electron chi connectivity index (χ4n) is 3.63. The van der Waals surface area contributed by atoms with Crippen LogP contribution >= 0.6 is 0 Å². The van der Waals surface area contributed by atoms with Crippen molar-refractivity contribution in [3.63, 3.8) is 0 Å². The average Bonchev–Trinajstić information content (AvgIpc) is 2.82. The van der Waals surface area contributed by atoms with Gasteiger partial charge in [-0.1, -0.05) is 53.7 Å². The molecule has 36 heavy (non-hydrogen) atoms. The minimum Gasteiger partial charge on any atom is -0.497 e. The van der Waals surface area contributed by atoms with Gasteiger partial charge >= 0.3 is 0 Å². The summed E-state index contributed by atoms with van der Waals surface area (Å²) in [5.74, 6) is 0.309. The van der Waals surface area contributed by atoms with Crippen molar-refractivity contribution in [2.24, 2.45) is 5.41 Å². The van der Waals surface area contributed by atoms with Crippen molar-refractivity contribution in [3.05, 3.63) is 77.1 Å². The summed E-state index contributed by atoms with van der Waals surface area (Å²) < 4.78 is 5.42. The largest absolute Gasteiger partial charge is 0.497 e. The number of carbonyl (C=O) groups is 2. The Hall–Kier alpha value is -3.67. The zero-order valence-corrected chi connectivity index (χ0v) is 22.6. The summed E-state index contributed by atoms with van der Waals surface area (Å²) in [5, 5.41) is 5.93. The number of aryl methyl sites for hydroxylation is 1. The zero-order chi connectivity index (χ0) is 26.7. The second-order valence-electron chi connectivity index (χ2n) is 11.3. The number of hydrogen-bond acceptors (Lipinski definition) is 4. The number of pyridine rings is 1. The lowest BCUT2D eigenvalue weighted by Crippen LogP contribution is -2.32. The van der Waals surface area contributed by atoms with Gasteiger partial charge in [-0.3, -0.25) is 14.6 Å². The summed E-state index contributed by atoms with van der Waals surface area (Å²) in [6.45, 7) is 15.0. The molecule has 0 fully saturated rings. The molecule has 3 rings (SSSR count). The third-order valence-electron chi connectivity index (χ3n) is 5.85. The Bertz CT molecular complexity index is 1250. The number of aromatic nitrogens is 1. The Kier molecular flexibility index (Phi) is 7.87. The number of ether oxygens (including phenoxy) is 1. The summed E-state index contributed by atoms with van der Waals surface area (Å²) >= 11 is 0. The smallest absolute Gasteiger partial charge is 0.255 e. The summed E-state index contributed by atoms with van der Waals surface area (Å²) in [4.78, 5) is 30.1. The molecule has 6 nitrogen and oxygen atoms in total. The average molecular weight is 488 g/mol. The molecule has 0 aliphatic rings. The molecule has 0 aliphatic heterocycles. The quantitative estimate of drug-likeness (QED) is 0.422. The number of amides is 2. The van der Waals surface area contributed by atoms with Crippen LogP contribution in [0.5, 0.6) is 5.75 Å². The maximum atomic E-state index is 13.1. The van der Waals surface area contributed by atoms with Crippen LogP contribution in [-0.4, -0.2) is 30.5 Å². The number of nitrogens with one attached hydrogen (secondary N) is 2. The number of benzene rings is 2. The van der Waals surface area contributed by atoms with E-state index in [1.807, 2.05) is 49.4 Å². The third kappa shape index (κ3) is 6.94. The first-order valence-electron chi connectivity index (χ1n) is 12.1. The molecule has 0 saturated heterocycles. The van der Waals surface area contributed by atoms with Crippen LogP contribution < -0.4 is 15.4 Å². The summed E-state index contributed by atoms with van der Waals surface area (Å²) in [6, 6.07) is 14.9. The number of hydrogen-bond donors (Lipinski definition) is 2. The van der Waals surface area contributed by atoms with Crippen LogP contribution in [0.1, 0.15) is 73.5 Å². The summed E-state index contributed by atoms with van der Waals surface area (Å²) in [7, 11) is 1.60. The predicted molar refractivity (Wildman–Crippen MR) is 146 cm³/mol. The topological polar surface area (TPSA) is 80.3 Å². The van der Waals surface area contributed by atoms with Crippen molar-refractivity contribution in [3.8, 4) is 16.9 Å². The van der Waals surface area contributed by atoms with E-state index in [4.69, 9.17) is 4.74 Å². The number of anilines is 1. The predicted octanol–water partition coefficient (Wildman–Crippen LogP) is 6.39. The van der Waals surface area contributed by atoms with E-state index in [0.29, 0.717) is 29.1 Å². The Labute approximate surface area is 214 Å². The van der Waals surface area contributed by atoms with Gasteiger partial charge in [-0.25, -0.2) is 0 Å². The second kappa shape index (κ2) is 10.5. The second-order valence-corrected chi connectivity index (χ2v) is 11.3. The van der Waals surface area contributed by atoms with Crippen molar-refractivity contribution >= 4 is 17.5 Å². The molecule has 0 unspecified atom stereocenters. The molecular weight excluding hydrogens is 450 g/mol. The van der Waals surface area contributed by atoms with Crippen molar-refractivity contribution in [1.82, 2.24) is 10.3 Å². The highest BCUT2D eigenvalue weighted by atomic mass is 16.5. The van der Waals surface area contributed by atoms with E-state index in [9.17, 15) is 9.59 Å². The van der Waals surface area contributed by atoms with Gasteiger partial charge in [0.2, 0.25) is 0 Å². The van der Waals surface area contributed by atoms with E-state index in [2.05, 4.69) is 57.2 Å². The monoisotopic (exact) mass is 487 g/mol. The lowest BCUT2D eigenvalue weighted by molar-refractivity contribution is 0.0938. The Balaban J connectivity index is 1.82. The first kappa shape index (κ1) is 26.9. The van der Waals surface area contributed by atoms with Crippen LogP contribution in [0.15, 0.2) is 54.7 Å². The fourth-order valence-corrected chi connectivity index (χ4v) is 3.63. The Morgan fingerprint density at radius 3 is 2.14 bits per heavy atom. The fraction of sp³-hybridized carbons (Fsp3) is 0.367. The van der Waals surface area contributed by atoms with Crippen LogP contribution in [-0.2, 0) is 5.41 Å². The molecule has 1 heterocycles. The minimum absolute atomic E-state index is 0.0163. The highest BCUT2D eigenvalue weighted by molar-refractivity contribution is 6.05. The van der Waals surface area contributed by atoms with Crippen LogP contribution in [0.3, 0.4) is 0 Å². The minimum atomic E-state index is -0.234. The number of methoxy groups -OCH3 is 1. The summed E-state index contributed by atoms with van der Waals surface area (Å²) in [5.41, 5.74) is 5.25. The zero-order valence-electron chi connectivity index (χ0n) is 22.6. The molecule has 0 spiro atoms. The lowest BCUT2D eigenvalue weighted by atomic mass is 9.86. The van der Waals surface area contributed by atoms with Gasteiger partial charge < -0.3 is 15.4 Å². The van der Waals surface area contributed by atoms with E-state index in [1.165, 1.54) is 0 Å². The van der Waals surface area contributed by atoms with E-state index in [-0.39, 0.29) is 22.6 Å². The van der Waals surface area contributed by atoms with E-state index < -0.39 is 0 Å². The van der Waals surface area contributed by atoms with Crippen molar-refractivity contribution in [1.29, 1.82) is 0 Å². The molecule has 3 aromatic rings. The third-order valence-corrected chi connectivity index (χ3v) is 5.85. The molecule has 0 bridgehead atoms. The van der Waals surface area contributed by atoms with Gasteiger partial charge in [0, 0.05) is 28.9 Å². The lowest BCUT2D eigenvalue weighted by Gasteiger charge is -2.21. The van der Waals surface area contributed by atoms with Crippen molar-refractivity contribution < 1.29 is 14.3 Å². The Morgan fingerprint density at radius 1 is 0.889 bits per heavy atom. The van der Waals surface area contributed by atoms with Gasteiger partial charge in [-0.05, 0) is 65.3 Å². The summed E-state index contributed by atoms with van der Waals surface area (Å²) in [6.07, 6.45) is 1.65. The van der Waals surface area contributed by atoms with E-state index >= 15 is 0 Å². The molecule has 6 heteroatoms. The van der Waals surface area contributed by atoms with Gasteiger partial charge in [-0.15, -0.1) is 0 Å². The highest BCUT2D eigenvalue weighted by Gasteiger charge is 2.19. The molecule has 0 radical (unpaired) electrons. The molecule has 2 N–H and O–H groups in total. The number of carbonyl (C=O) groups excluding carboxylic acids is 2. The molecule has 2 amide bonds. The normalized spacial score (nSPS) is 11.7. The van der Waals surface area contributed by atoms with Crippen LogP contribution in [0, 0.1) is 12.3 Å². The van der Waals surface area contributed by atoms with Crippen molar-refractivity contribution in [2.45, 2.75) is 53.9 Å². The van der Waals surface area contributed by atoms with E-state index in [0.717, 1.165) is 22.4 Å².